The molecule has 52 heavy (non-hydrogen) atoms. The summed E-state index contributed by atoms with van der Waals surface area (Å²) in [5.74, 6) is 3.46. The van der Waals surface area contributed by atoms with E-state index in [1.54, 1.807) is 0 Å². The van der Waals surface area contributed by atoms with Crippen LogP contribution < -0.4 is 25.9 Å². The van der Waals surface area contributed by atoms with Crippen LogP contribution in [0.4, 0.5) is 0 Å². The van der Waals surface area contributed by atoms with E-state index < -0.39 is 0 Å². The largest absolute Gasteiger partial charge is 0.458 e. The molecule has 0 aliphatic carbocycles. The first-order valence-corrected chi connectivity index (χ1v) is 17.9. The van der Waals surface area contributed by atoms with Crippen LogP contribution in [0.3, 0.4) is 0 Å². The van der Waals surface area contributed by atoms with Crippen LogP contribution in [0.1, 0.15) is 0 Å². The highest BCUT2D eigenvalue weighted by molar-refractivity contribution is 6.98. The average molecular weight is 662 g/mol. The van der Waals surface area contributed by atoms with E-state index in [0.717, 1.165) is 45.2 Å². The molecular formula is C48H28BNO2. The van der Waals surface area contributed by atoms with E-state index in [4.69, 9.17) is 9.47 Å². The Morgan fingerprint density at radius 2 is 0.808 bits per heavy atom. The van der Waals surface area contributed by atoms with E-state index >= 15 is 0 Å². The van der Waals surface area contributed by atoms with Gasteiger partial charge in [-0.1, -0.05) is 121 Å². The summed E-state index contributed by atoms with van der Waals surface area (Å²) >= 11 is 0. The van der Waals surface area contributed by atoms with Crippen molar-refractivity contribution in [1.29, 1.82) is 0 Å². The second-order valence-corrected chi connectivity index (χ2v) is 14.0. The highest BCUT2D eigenvalue weighted by Crippen LogP contribution is 2.42. The Morgan fingerprint density at radius 1 is 0.346 bits per heavy atom. The zero-order valence-electron chi connectivity index (χ0n) is 28.0. The van der Waals surface area contributed by atoms with Crippen molar-refractivity contribution >= 4 is 77.2 Å². The van der Waals surface area contributed by atoms with Gasteiger partial charge in [-0.05, 0) is 90.8 Å². The molecular weight excluding hydrogens is 633 g/mol. The maximum absolute atomic E-state index is 6.68. The molecule has 0 amide bonds. The summed E-state index contributed by atoms with van der Waals surface area (Å²) in [7, 11) is 0. The summed E-state index contributed by atoms with van der Waals surface area (Å²) in [6, 6.07) is 61.2. The number of para-hydroxylation sites is 3. The van der Waals surface area contributed by atoms with Gasteiger partial charge < -0.3 is 14.0 Å². The van der Waals surface area contributed by atoms with Crippen molar-refractivity contribution in [3.63, 3.8) is 0 Å². The van der Waals surface area contributed by atoms with Crippen LogP contribution in [0, 0.1) is 0 Å². The third-order valence-electron chi connectivity index (χ3n) is 11.3. The molecule has 0 unspecified atom stereocenters. The maximum atomic E-state index is 6.68. The smallest absolute Gasteiger partial charge is 0.260 e. The Bertz CT molecular complexity index is 3050. The Hall–Kier alpha value is -6.78. The van der Waals surface area contributed by atoms with Gasteiger partial charge in [0.2, 0.25) is 0 Å². The lowest BCUT2D eigenvalue weighted by molar-refractivity contribution is 0.464. The molecule has 12 rings (SSSR count). The molecule has 10 aromatic rings. The van der Waals surface area contributed by atoms with Gasteiger partial charge in [-0.25, -0.2) is 0 Å². The molecule has 3 heterocycles. The first kappa shape index (κ1) is 28.0. The Balaban J connectivity index is 1.06. The molecule has 0 saturated carbocycles. The Morgan fingerprint density at radius 3 is 1.44 bits per heavy atom. The number of nitrogens with zero attached hydrogens (tertiary/aromatic N) is 1. The summed E-state index contributed by atoms with van der Waals surface area (Å²) in [6.07, 6.45) is 0. The molecule has 0 saturated heterocycles. The normalized spacial score (nSPS) is 12.9. The fourth-order valence-corrected chi connectivity index (χ4v) is 9.03. The number of benzene rings is 9. The molecule has 2 aliphatic rings. The molecule has 0 bridgehead atoms. The third kappa shape index (κ3) is 3.81. The third-order valence-corrected chi connectivity index (χ3v) is 11.3. The molecule has 0 N–H and O–H groups in total. The molecule has 0 atom stereocenters. The van der Waals surface area contributed by atoms with Gasteiger partial charge in [0, 0.05) is 28.4 Å². The van der Waals surface area contributed by atoms with E-state index in [9.17, 15) is 0 Å². The van der Waals surface area contributed by atoms with Crippen LogP contribution >= 0.6 is 0 Å². The van der Waals surface area contributed by atoms with Crippen molar-refractivity contribution in [2.45, 2.75) is 0 Å². The molecule has 2 aliphatic heterocycles. The Kier molecular flexibility index (Phi) is 5.58. The van der Waals surface area contributed by atoms with Crippen molar-refractivity contribution in [1.82, 2.24) is 4.57 Å². The fraction of sp³-hybridized carbons (Fsp3) is 0. The summed E-state index contributed by atoms with van der Waals surface area (Å²) in [6.45, 7) is 0.0479. The monoisotopic (exact) mass is 661 g/mol. The van der Waals surface area contributed by atoms with E-state index in [2.05, 4.69) is 162 Å². The maximum Gasteiger partial charge on any atom is 0.260 e. The summed E-state index contributed by atoms with van der Waals surface area (Å²) < 4.78 is 15.7. The highest BCUT2D eigenvalue weighted by atomic mass is 16.5. The van der Waals surface area contributed by atoms with Gasteiger partial charge in [0.25, 0.3) is 6.71 Å². The average Bonchev–Trinajstić information content (AvgIpc) is 3.54. The van der Waals surface area contributed by atoms with Gasteiger partial charge in [0.15, 0.2) is 0 Å². The quantitative estimate of drug-likeness (QED) is 0.136. The number of ether oxygens (including phenoxy) is 2. The first-order valence-electron chi connectivity index (χ1n) is 17.9. The van der Waals surface area contributed by atoms with Crippen molar-refractivity contribution in [3.05, 3.63) is 170 Å². The molecule has 4 heteroatoms. The van der Waals surface area contributed by atoms with Gasteiger partial charge in [-0.15, -0.1) is 0 Å². The number of rotatable bonds is 2. The van der Waals surface area contributed by atoms with Crippen LogP contribution in [0.5, 0.6) is 23.0 Å². The fourth-order valence-electron chi connectivity index (χ4n) is 9.03. The van der Waals surface area contributed by atoms with Gasteiger partial charge in [0.1, 0.15) is 23.0 Å². The van der Waals surface area contributed by atoms with E-state index in [1.165, 1.54) is 65.1 Å². The predicted octanol–water partition coefficient (Wildman–Crippen LogP) is 10.6. The molecule has 0 spiro atoms. The molecule has 240 valence electrons. The van der Waals surface area contributed by atoms with Gasteiger partial charge in [-0.2, -0.15) is 0 Å². The van der Waals surface area contributed by atoms with Gasteiger partial charge in [-0.3, -0.25) is 0 Å². The standard InChI is InChI=1S/C48H28BNO2/c1-2-13-34-32(11-1)33-12-3-4-14-35(33)38-25-29(21-23-36(34)38)30-22-24-43-39(26-30)37-15-5-8-18-42(37)50(43)31-27-46-48-47(28-31)52-45-20-10-7-17-41(45)49(48)40-16-6-9-19-44(40)51-46/h1-28H. The minimum atomic E-state index is 0.0479. The van der Waals surface area contributed by atoms with E-state index in [-0.39, 0.29) is 6.71 Å². The second kappa shape index (κ2) is 10.4. The zero-order valence-corrected chi connectivity index (χ0v) is 28.0. The second-order valence-electron chi connectivity index (χ2n) is 14.0. The predicted molar refractivity (Wildman–Crippen MR) is 216 cm³/mol. The number of fused-ring (bicyclic) bond motifs is 13. The van der Waals surface area contributed by atoms with Crippen molar-refractivity contribution in [2.24, 2.45) is 0 Å². The minimum absolute atomic E-state index is 0.0479. The number of hydrogen-bond acceptors (Lipinski definition) is 2. The van der Waals surface area contributed by atoms with Crippen LogP contribution in [0.25, 0.3) is 70.9 Å². The molecule has 3 nitrogen and oxygen atoms in total. The van der Waals surface area contributed by atoms with Crippen LogP contribution in [0.2, 0.25) is 0 Å². The number of aromatic nitrogens is 1. The van der Waals surface area contributed by atoms with Crippen molar-refractivity contribution in [3.8, 4) is 39.8 Å². The molecule has 0 fully saturated rings. The summed E-state index contributed by atoms with van der Waals surface area (Å²) in [4.78, 5) is 0. The lowest BCUT2D eigenvalue weighted by atomic mass is 9.35. The lowest BCUT2D eigenvalue weighted by Gasteiger charge is -2.33. The number of hydrogen-bond donors (Lipinski definition) is 0. The lowest BCUT2D eigenvalue weighted by Crippen LogP contribution is -2.57. The first-order chi connectivity index (χ1) is 25.8. The van der Waals surface area contributed by atoms with Crippen LogP contribution in [-0.4, -0.2) is 11.3 Å². The Labute approximate surface area is 300 Å². The molecule has 0 radical (unpaired) electrons. The topological polar surface area (TPSA) is 23.4 Å². The summed E-state index contributed by atoms with van der Waals surface area (Å²) in [5.41, 5.74) is 9.10. The summed E-state index contributed by atoms with van der Waals surface area (Å²) in [5, 5.41) is 10.1. The van der Waals surface area contributed by atoms with Gasteiger partial charge in [0.05, 0.1) is 16.7 Å². The highest BCUT2D eigenvalue weighted by Gasteiger charge is 2.40. The van der Waals surface area contributed by atoms with E-state index in [1.807, 2.05) is 12.1 Å². The molecule has 1 aromatic heterocycles. The van der Waals surface area contributed by atoms with Crippen molar-refractivity contribution in [2.75, 3.05) is 0 Å². The van der Waals surface area contributed by atoms with Crippen molar-refractivity contribution < 1.29 is 9.47 Å². The SMILES string of the molecule is c1ccc2c(c1)Oc1cc(-n3c4ccccc4c4cc(-c5ccc6c7ccccc7c7ccccc7c6c5)ccc43)cc3c1B2c1ccccc1O3. The van der Waals surface area contributed by atoms with Gasteiger partial charge >= 0.3 is 0 Å². The van der Waals surface area contributed by atoms with Crippen LogP contribution in [0.15, 0.2) is 170 Å². The zero-order chi connectivity index (χ0) is 33.9. The molecule has 9 aromatic carbocycles. The van der Waals surface area contributed by atoms with Crippen LogP contribution in [-0.2, 0) is 0 Å². The minimum Gasteiger partial charge on any atom is -0.458 e. The van der Waals surface area contributed by atoms with E-state index in [0.29, 0.717) is 0 Å².